The molecule has 0 unspecified atom stereocenters. The molecule has 0 radical (unpaired) electrons. The Balaban J connectivity index is -0.0000000457. The molecule has 0 aliphatic carbocycles. The van der Waals surface area contributed by atoms with Gasteiger partial charge in [0.25, 0.3) is 7.82 Å². The van der Waals surface area contributed by atoms with Gasteiger partial charge in [0.15, 0.2) is 0 Å². The molecule has 0 amide bonds. The van der Waals surface area contributed by atoms with Crippen LogP contribution in [0.25, 0.3) is 0 Å². The van der Waals surface area contributed by atoms with Gasteiger partial charge in [-0.25, -0.2) is 0 Å². The Morgan fingerprint density at radius 2 is 1.58 bits per heavy atom. The van der Waals surface area contributed by atoms with E-state index in [1.807, 2.05) is 0 Å². The summed E-state index contributed by atoms with van der Waals surface area (Å²) in [4.78, 5) is 32.2. The number of carboxylic acids is 1. The van der Waals surface area contributed by atoms with Crippen LogP contribution in [0.1, 0.15) is 0 Å². The first kappa shape index (κ1) is 23.0. The third-order valence-electron chi connectivity index (χ3n) is 0.175. The molecule has 0 aromatic rings. The quantitative estimate of drug-likeness (QED) is 0.261. The van der Waals surface area contributed by atoms with E-state index in [1.54, 1.807) is 0 Å². The Labute approximate surface area is 96.9 Å². The van der Waals surface area contributed by atoms with Crippen molar-refractivity contribution in [3.05, 3.63) is 0 Å². The molecule has 10 heteroatoms. The Hall–Kier alpha value is 0.830. The minimum absolute atomic E-state index is 0. The summed E-state index contributed by atoms with van der Waals surface area (Å²) in [5.74, 6) is -0.968. The average molecular weight is 232 g/mol. The van der Waals surface area contributed by atoms with Gasteiger partial charge >= 0.3 is 35.5 Å². The second-order valence-electron chi connectivity index (χ2n) is 1.09. The van der Waals surface area contributed by atoms with Crippen LogP contribution in [0, 0.1) is 0 Å². The van der Waals surface area contributed by atoms with E-state index in [1.165, 1.54) is 0 Å². The minimum Gasteiger partial charge on any atom is -0.756 e. The van der Waals surface area contributed by atoms with E-state index < -0.39 is 13.8 Å². The molecule has 7 nitrogen and oxygen atoms in total. The Kier molecular flexibility index (Phi) is 22.7. The van der Waals surface area contributed by atoms with Crippen LogP contribution in [0.3, 0.4) is 0 Å². The van der Waals surface area contributed by atoms with E-state index >= 15 is 0 Å². The largest absolute Gasteiger partial charge is 1.00 e. The molecule has 12 heavy (non-hydrogen) atoms. The molecule has 0 spiro atoms. The second kappa shape index (κ2) is 11.8. The Morgan fingerprint density at radius 1 is 1.50 bits per heavy atom. The smallest absolute Gasteiger partial charge is 0.756 e. The third-order valence-corrected chi connectivity index (χ3v) is 0.175. The van der Waals surface area contributed by atoms with Crippen LogP contribution in [-0.4, -0.2) is 27.4 Å². The fourth-order valence-electron chi connectivity index (χ4n) is 0. The van der Waals surface area contributed by atoms with Crippen LogP contribution in [-0.2, 0) is 9.36 Å². The first-order chi connectivity index (χ1) is 4.27. The number of rotatable bonds is 1. The summed E-state index contributed by atoms with van der Waals surface area (Å²) in [5.41, 5.74) is 4.57. The molecule has 0 aromatic heterocycles. The maximum Gasteiger partial charge on any atom is 1.00 e. The average Bonchev–Trinajstić information content (AvgIpc) is 1.61. The van der Waals surface area contributed by atoms with Gasteiger partial charge in [-0.05, 0) is 0 Å². The molecular formula is C2H8ClNNaO6P. The fraction of sp³-hybridized carbons (Fsp3) is 0.500. The second-order valence-corrected chi connectivity index (χ2v) is 2.07. The van der Waals surface area contributed by atoms with Crippen molar-refractivity contribution in [3.63, 3.8) is 0 Å². The van der Waals surface area contributed by atoms with Crippen molar-refractivity contribution in [1.82, 2.24) is 0 Å². The molecule has 0 bridgehead atoms. The van der Waals surface area contributed by atoms with Gasteiger partial charge < -0.3 is 25.5 Å². The van der Waals surface area contributed by atoms with Gasteiger partial charge in [0, 0.05) is 0 Å². The van der Waals surface area contributed by atoms with Crippen molar-refractivity contribution in [2.24, 2.45) is 5.73 Å². The number of phosphoric acid groups is 1. The van der Waals surface area contributed by atoms with Gasteiger partial charge in [-0.3, -0.25) is 9.36 Å². The molecular weight excluding hydrogens is 223 g/mol. The normalized spacial score (nSPS) is 8.00. The number of halogens is 1. The van der Waals surface area contributed by atoms with Crippen molar-refractivity contribution in [1.29, 1.82) is 0 Å². The monoisotopic (exact) mass is 231 g/mol. The SMILES string of the molecule is Cl.NCC(=O)O.O=P([O-])(O)O.[Na+]. The molecule has 0 atom stereocenters. The molecule has 0 aromatic carbocycles. The predicted octanol–water partition coefficient (Wildman–Crippen LogP) is -5.11. The molecule has 0 aliphatic rings. The third kappa shape index (κ3) is 131. The summed E-state index contributed by atoms with van der Waals surface area (Å²) >= 11 is 0. The van der Waals surface area contributed by atoms with Gasteiger partial charge in [-0.15, -0.1) is 12.4 Å². The maximum atomic E-state index is 9.24. The Bertz CT molecular complexity index is 140. The molecule has 5 N–H and O–H groups in total. The molecule has 0 heterocycles. The zero-order chi connectivity index (χ0) is 8.78. The van der Waals surface area contributed by atoms with Crippen LogP contribution < -0.4 is 40.2 Å². The first-order valence-corrected chi connectivity index (χ1v) is 3.48. The van der Waals surface area contributed by atoms with E-state index in [-0.39, 0.29) is 48.5 Å². The van der Waals surface area contributed by atoms with E-state index in [9.17, 15) is 4.79 Å². The summed E-state index contributed by atoms with van der Waals surface area (Å²) in [6.45, 7) is -0.278. The topological polar surface area (TPSA) is 144 Å². The van der Waals surface area contributed by atoms with Gasteiger partial charge in [0.1, 0.15) is 0 Å². The number of hydrogen-bond donors (Lipinski definition) is 4. The van der Waals surface area contributed by atoms with Crippen LogP contribution in [0.4, 0.5) is 0 Å². The van der Waals surface area contributed by atoms with Gasteiger partial charge in [0.2, 0.25) is 0 Å². The Morgan fingerprint density at radius 3 is 1.58 bits per heavy atom. The molecule has 0 aliphatic heterocycles. The summed E-state index contributed by atoms with van der Waals surface area (Å²) in [7, 11) is -4.89. The van der Waals surface area contributed by atoms with Crippen LogP contribution >= 0.6 is 20.2 Å². The summed E-state index contributed by atoms with van der Waals surface area (Å²) in [5, 5.41) is 7.60. The molecule has 70 valence electrons. The molecule has 0 saturated carbocycles. The zero-order valence-electron chi connectivity index (χ0n) is 6.21. The van der Waals surface area contributed by atoms with Crippen LogP contribution in [0.5, 0.6) is 0 Å². The van der Waals surface area contributed by atoms with Crippen LogP contribution in [0.2, 0.25) is 0 Å². The van der Waals surface area contributed by atoms with E-state index in [0.717, 1.165) is 0 Å². The summed E-state index contributed by atoms with van der Waals surface area (Å²) in [6, 6.07) is 0. The molecule has 0 saturated heterocycles. The summed E-state index contributed by atoms with van der Waals surface area (Å²) in [6.07, 6.45) is 0. The van der Waals surface area contributed by atoms with Crippen molar-refractivity contribution < 1.29 is 58.7 Å². The fourth-order valence-corrected chi connectivity index (χ4v) is 0. The number of hydrogen-bond acceptors (Lipinski definition) is 4. The van der Waals surface area contributed by atoms with Gasteiger partial charge in [-0.1, -0.05) is 0 Å². The predicted molar refractivity (Wildman–Crippen MR) is 36.0 cm³/mol. The van der Waals surface area contributed by atoms with Gasteiger partial charge in [0.05, 0.1) is 6.54 Å². The van der Waals surface area contributed by atoms with E-state index in [4.69, 9.17) is 24.4 Å². The van der Waals surface area contributed by atoms with Crippen LogP contribution in [0.15, 0.2) is 0 Å². The standard InChI is InChI=1S/C2H5NO2.ClH.Na.H3O4P/c3-1-2(4)5;;;1-5(2,3)4/h1,3H2,(H,4,5);1H;;(H3,1,2,3,4)/q;;+1;/p-1. The molecule has 0 fully saturated rings. The van der Waals surface area contributed by atoms with E-state index in [2.05, 4.69) is 5.73 Å². The molecule has 0 rings (SSSR count). The maximum absolute atomic E-state index is 9.24. The number of nitrogens with two attached hydrogens (primary N) is 1. The minimum atomic E-state index is -4.89. The zero-order valence-corrected chi connectivity index (χ0v) is 9.92. The first-order valence-electron chi connectivity index (χ1n) is 1.95. The van der Waals surface area contributed by atoms with Gasteiger partial charge in [-0.2, -0.15) is 0 Å². The number of carbonyl (C=O) groups is 1. The van der Waals surface area contributed by atoms with Crippen molar-refractivity contribution >= 4 is 26.2 Å². The number of aliphatic carboxylic acids is 1. The van der Waals surface area contributed by atoms with Crippen molar-refractivity contribution in [2.45, 2.75) is 0 Å². The number of carboxylic acid groups (broad SMARTS) is 1. The van der Waals surface area contributed by atoms with E-state index in [0.29, 0.717) is 0 Å². The summed E-state index contributed by atoms with van der Waals surface area (Å²) < 4.78 is 8.77. The van der Waals surface area contributed by atoms with Crippen molar-refractivity contribution in [2.75, 3.05) is 6.54 Å². The van der Waals surface area contributed by atoms with Crippen molar-refractivity contribution in [3.8, 4) is 0 Å².